The second-order valence-corrected chi connectivity index (χ2v) is 3.10. The van der Waals surface area contributed by atoms with Crippen LogP contribution in [0.15, 0.2) is 18.2 Å². The highest BCUT2D eigenvalue weighted by molar-refractivity contribution is 5.42. The van der Waals surface area contributed by atoms with Gasteiger partial charge < -0.3 is 19.9 Å². The van der Waals surface area contributed by atoms with Gasteiger partial charge in [0.05, 0.1) is 13.7 Å². The molecular weight excluding hydrogens is 194 g/mol. The zero-order chi connectivity index (χ0) is 11.1. The molecule has 0 bridgehead atoms. The van der Waals surface area contributed by atoms with Crippen LogP contribution in [0.1, 0.15) is 5.56 Å². The molecule has 84 valence electrons. The molecule has 0 heterocycles. The summed E-state index contributed by atoms with van der Waals surface area (Å²) in [6, 6.07) is 5.39. The molecule has 1 aromatic carbocycles. The van der Waals surface area contributed by atoms with Crippen molar-refractivity contribution in [2.75, 3.05) is 27.3 Å². The van der Waals surface area contributed by atoms with Gasteiger partial charge in [-0.3, -0.25) is 0 Å². The largest absolute Gasteiger partial charge is 0.493 e. The van der Waals surface area contributed by atoms with Crippen molar-refractivity contribution in [1.29, 1.82) is 0 Å². The van der Waals surface area contributed by atoms with Crippen molar-refractivity contribution in [1.82, 2.24) is 5.32 Å². The second-order valence-electron chi connectivity index (χ2n) is 3.10. The van der Waals surface area contributed by atoms with Gasteiger partial charge in [0.1, 0.15) is 6.61 Å². The van der Waals surface area contributed by atoms with E-state index in [1.807, 2.05) is 13.1 Å². The van der Waals surface area contributed by atoms with Crippen LogP contribution in [0.25, 0.3) is 0 Å². The van der Waals surface area contributed by atoms with Gasteiger partial charge in [0.2, 0.25) is 0 Å². The van der Waals surface area contributed by atoms with E-state index in [0.717, 1.165) is 12.1 Å². The van der Waals surface area contributed by atoms with Crippen LogP contribution in [0.5, 0.6) is 11.5 Å². The molecule has 0 spiro atoms. The summed E-state index contributed by atoms with van der Waals surface area (Å²) < 4.78 is 10.7. The molecule has 0 aliphatic rings. The van der Waals surface area contributed by atoms with Gasteiger partial charge in [-0.2, -0.15) is 0 Å². The van der Waals surface area contributed by atoms with Crippen LogP contribution in [0.2, 0.25) is 0 Å². The van der Waals surface area contributed by atoms with Crippen LogP contribution < -0.4 is 14.8 Å². The van der Waals surface area contributed by atoms with Crippen molar-refractivity contribution in [3.8, 4) is 11.5 Å². The Labute approximate surface area is 89.8 Å². The number of aliphatic hydroxyl groups excluding tert-OH is 1. The predicted molar refractivity (Wildman–Crippen MR) is 58.3 cm³/mol. The number of hydrogen-bond acceptors (Lipinski definition) is 4. The molecule has 0 saturated heterocycles. The Morgan fingerprint density at radius 2 is 2.13 bits per heavy atom. The van der Waals surface area contributed by atoms with E-state index in [-0.39, 0.29) is 6.61 Å². The fourth-order valence-electron chi connectivity index (χ4n) is 1.19. The second kappa shape index (κ2) is 6.27. The molecule has 0 aliphatic heterocycles. The highest BCUT2D eigenvalue weighted by Crippen LogP contribution is 2.27. The van der Waals surface area contributed by atoms with Gasteiger partial charge in [0.25, 0.3) is 0 Å². The summed E-state index contributed by atoms with van der Waals surface area (Å²) in [5.74, 6) is 1.35. The maximum Gasteiger partial charge on any atom is 0.161 e. The minimum atomic E-state index is 0.00710. The molecule has 0 aliphatic carbocycles. The molecule has 0 unspecified atom stereocenters. The van der Waals surface area contributed by atoms with Gasteiger partial charge in [-0.15, -0.1) is 0 Å². The van der Waals surface area contributed by atoms with Gasteiger partial charge in [-0.05, 0) is 24.7 Å². The van der Waals surface area contributed by atoms with Gasteiger partial charge in [-0.25, -0.2) is 0 Å². The number of rotatable bonds is 6. The van der Waals surface area contributed by atoms with E-state index in [0.29, 0.717) is 18.1 Å². The fraction of sp³-hybridized carbons (Fsp3) is 0.455. The van der Waals surface area contributed by atoms with Crippen LogP contribution >= 0.6 is 0 Å². The van der Waals surface area contributed by atoms with Crippen molar-refractivity contribution in [3.63, 3.8) is 0 Å². The quantitative estimate of drug-likeness (QED) is 0.683. The molecule has 0 amide bonds. The molecule has 2 N–H and O–H groups in total. The van der Waals surface area contributed by atoms with Crippen molar-refractivity contribution in [3.05, 3.63) is 23.8 Å². The normalized spacial score (nSPS) is 10.1. The lowest BCUT2D eigenvalue weighted by Crippen LogP contribution is -2.16. The number of hydrogen-bond donors (Lipinski definition) is 2. The number of ether oxygens (including phenoxy) is 2. The van der Waals surface area contributed by atoms with E-state index in [2.05, 4.69) is 5.32 Å². The molecule has 4 heteroatoms. The number of aliphatic hydroxyl groups is 1. The Morgan fingerprint density at radius 1 is 1.33 bits per heavy atom. The van der Waals surface area contributed by atoms with Crippen LogP contribution in [0.4, 0.5) is 0 Å². The maximum atomic E-state index is 8.96. The molecule has 0 radical (unpaired) electrons. The monoisotopic (exact) mass is 211 g/mol. The Bertz CT molecular complexity index is 302. The Hall–Kier alpha value is -1.26. The summed E-state index contributed by atoms with van der Waals surface area (Å²) in [6.07, 6.45) is 0. The zero-order valence-electron chi connectivity index (χ0n) is 9.12. The van der Waals surface area contributed by atoms with E-state index in [4.69, 9.17) is 14.6 Å². The van der Waals surface area contributed by atoms with Crippen molar-refractivity contribution < 1.29 is 14.6 Å². The minimum Gasteiger partial charge on any atom is -0.493 e. The summed E-state index contributed by atoms with van der Waals surface area (Å²) in [4.78, 5) is 0. The highest BCUT2D eigenvalue weighted by atomic mass is 16.5. The zero-order valence-corrected chi connectivity index (χ0v) is 9.12. The average molecular weight is 211 g/mol. The molecule has 4 nitrogen and oxygen atoms in total. The molecule has 15 heavy (non-hydrogen) atoms. The molecule has 1 aromatic rings. The van der Waals surface area contributed by atoms with E-state index < -0.39 is 0 Å². The average Bonchev–Trinajstić information content (AvgIpc) is 2.29. The Morgan fingerprint density at radius 3 is 2.73 bits per heavy atom. The lowest BCUT2D eigenvalue weighted by molar-refractivity contribution is 0.277. The van der Waals surface area contributed by atoms with E-state index in [9.17, 15) is 0 Å². The lowest BCUT2D eigenvalue weighted by Gasteiger charge is -2.11. The summed E-state index contributed by atoms with van der Waals surface area (Å²) in [5.41, 5.74) is 0.813. The van der Waals surface area contributed by atoms with E-state index in [1.54, 1.807) is 19.2 Å². The maximum absolute atomic E-state index is 8.96. The standard InChI is InChI=1S/C11H17NO3/c1-12-5-6-15-10-4-3-9(8-13)7-11(10)14-2/h3-4,7,12-13H,5-6,8H2,1-2H3. The van der Waals surface area contributed by atoms with Gasteiger partial charge in [0.15, 0.2) is 11.5 Å². The molecular formula is C11H17NO3. The SMILES string of the molecule is CNCCOc1ccc(CO)cc1OC. The predicted octanol–water partition coefficient (Wildman–Crippen LogP) is 0.786. The Balaban J connectivity index is 2.69. The van der Waals surface area contributed by atoms with E-state index >= 15 is 0 Å². The molecule has 0 fully saturated rings. The third-order valence-corrected chi connectivity index (χ3v) is 2.02. The van der Waals surface area contributed by atoms with Crippen LogP contribution in [0, 0.1) is 0 Å². The van der Waals surface area contributed by atoms with Gasteiger partial charge >= 0.3 is 0 Å². The van der Waals surface area contributed by atoms with Gasteiger partial charge in [-0.1, -0.05) is 6.07 Å². The third kappa shape index (κ3) is 3.42. The summed E-state index contributed by atoms with van der Waals surface area (Å²) in [6.45, 7) is 1.38. The van der Waals surface area contributed by atoms with E-state index in [1.165, 1.54) is 0 Å². The van der Waals surface area contributed by atoms with Crippen LogP contribution in [0.3, 0.4) is 0 Å². The lowest BCUT2D eigenvalue weighted by atomic mass is 10.2. The Kier molecular flexibility index (Phi) is 4.93. The van der Waals surface area contributed by atoms with Crippen molar-refractivity contribution >= 4 is 0 Å². The molecule has 0 atom stereocenters. The first-order valence-corrected chi connectivity index (χ1v) is 4.87. The smallest absolute Gasteiger partial charge is 0.161 e. The first-order chi connectivity index (χ1) is 7.31. The molecule has 0 saturated carbocycles. The molecule has 1 rings (SSSR count). The first kappa shape index (κ1) is 11.8. The highest BCUT2D eigenvalue weighted by Gasteiger charge is 2.04. The van der Waals surface area contributed by atoms with Crippen LogP contribution in [-0.2, 0) is 6.61 Å². The summed E-state index contributed by atoms with van der Waals surface area (Å²) in [7, 11) is 3.46. The fourth-order valence-corrected chi connectivity index (χ4v) is 1.19. The number of benzene rings is 1. The number of methoxy groups -OCH3 is 1. The first-order valence-electron chi connectivity index (χ1n) is 4.87. The summed E-state index contributed by atoms with van der Waals surface area (Å²) in [5, 5.41) is 11.9. The van der Waals surface area contributed by atoms with Gasteiger partial charge in [0, 0.05) is 6.54 Å². The van der Waals surface area contributed by atoms with Crippen molar-refractivity contribution in [2.45, 2.75) is 6.61 Å². The minimum absolute atomic E-state index is 0.00710. The number of likely N-dealkylation sites (N-methyl/N-ethyl adjacent to an activating group) is 1. The molecule has 0 aromatic heterocycles. The summed E-state index contributed by atoms with van der Waals surface area (Å²) >= 11 is 0. The van der Waals surface area contributed by atoms with Crippen molar-refractivity contribution in [2.24, 2.45) is 0 Å². The third-order valence-electron chi connectivity index (χ3n) is 2.02. The topological polar surface area (TPSA) is 50.7 Å². The van der Waals surface area contributed by atoms with Crippen LogP contribution in [-0.4, -0.2) is 32.4 Å². The number of nitrogens with one attached hydrogen (secondary N) is 1.